The van der Waals surface area contributed by atoms with Gasteiger partial charge in [-0.1, -0.05) is 15.9 Å². The van der Waals surface area contributed by atoms with Gasteiger partial charge in [-0.2, -0.15) is 0 Å². The van der Waals surface area contributed by atoms with Crippen LogP contribution in [0.3, 0.4) is 0 Å². The van der Waals surface area contributed by atoms with E-state index in [9.17, 15) is 9.59 Å². The maximum absolute atomic E-state index is 11.7. The molecule has 1 aromatic rings. The maximum atomic E-state index is 11.7. The van der Waals surface area contributed by atoms with E-state index in [-0.39, 0.29) is 6.61 Å². The number of carbonyl (C=O) groups excluding carboxylic acids is 1. The largest absolute Gasteiger partial charge is 0.488 e. The molecule has 19 heavy (non-hydrogen) atoms. The Labute approximate surface area is 117 Å². The molecule has 0 aromatic heterocycles. The van der Waals surface area contributed by atoms with Crippen LogP contribution >= 0.6 is 15.9 Å². The topological polar surface area (TPSA) is 84.9 Å². The molecule has 0 saturated heterocycles. The van der Waals surface area contributed by atoms with Crippen molar-refractivity contribution in [1.82, 2.24) is 5.48 Å². The van der Waals surface area contributed by atoms with Crippen molar-refractivity contribution in [1.29, 1.82) is 0 Å². The van der Waals surface area contributed by atoms with Gasteiger partial charge in [0.1, 0.15) is 12.4 Å². The van der Waals surface area contributed by atoms with Crippen LogP contribution in [0.15, 0.2) is 28.2 Å². The molecule has 0 atom stereocenters. The molecule has 0 spiro atoms. The van der Waals surface area contributed by atoms with Crippen LogP contribution in [0, 0.1) is 0 Å². The van der Waals surface area contributed by atoms with Gasteiger partial charge in [0.05, 0.1) is 5.57 Å². The van der Waals surface area contributed by atoms with Crippen LogP contribution in [-0.4, -0.2) is 30.2 Å². The molecule has 100 valence electrons. The van der Waals surface area contributed by atoms with E-state index < -0.39 is 18.5 Å². The molecular weight excluding hydrogens is 318 g/mol. The summed E-state index contributed by atoms with van der Waals surface area (Å²) in [5, 5.41) is 8.38. The summed E-state index contributed by atoms with van der Waals surface area (Å²) < 4.78 is 6.29. The molecule has 6 nitrogen and oxygen atoms in total. The number of fused-ring (bicyclic) bond motifs is 1. The number of benzene rings is 1. The van der Waals surface area contributed by atoms with E-state index in [2.05, 4.69) is 20.8 Å². The first-order chi connectivity index (χ1) is 9.06. The molecule has 0 unspecified atom stereocenters. The number of carbonyl (C=O) groups is 2. The van der Waals surface area contributed by atoms with Gasteiger partial charge in [0.2, 0.25) is 0 Å². The molecule has 0 fully saturated rings. The van der Waals surface area contributed by atoms with Crippen molar-refractivity contribution in [2.45, 2.75) is 0 Å². The third kappa shape index (κ3) is 3.55. The monoisotopic (exact) mass is 327 g/mol. The second-order valence-corrected chi connectivity index (χ2v) is 4.67. The van der Waals surface area contributed by atoms with Crippen molar-refractivity contribution in [3.05, 3.63) is 33.8 Å². The Kier molecular flexibility index (Phi) is 4.18. The lowest BCUT2D eigenvalue weighted by molar-refractivity contribution is -0.148. The van der Waals surface area contributed by atoms with E-state index in [0.29, 0.717) is 11.3 Å². The third-order valence-electron chi connectivity index (χ3n) is 2.34. The van der Waals surface area contributed by atoms with Crippen LogP contribution in [0.1, 0.15) is 5.56 Å². The minimum atomic E-state index is -1.16. The van der Waals surface area contributed by atoms with Gasteiger partial charge in [-0.15, -0.1) is 0 Å². The number of nitrogens with one attached hydrogen (secondary N) is 1. The smallest absolute Gasteiger partial charge is 0.332 e. The average molecular weight is 328 g/mol. The number of carboxylic acids is 1. The SMILES string of the molecule is O=C(O)CONC(=O)C1=Cc2cc(Br)ccc2OC1. The summed E-state index contributed by atoms with van der Waals surface area (Å²) in [7, 11) is 0. The predicted octanol–water partition coefficient (Wildman–Crippen LogP) is 1.36. The summed E-state index contributed by atoms with van der Waals surface area (Å²) in [4.78, 5) is 26.4. The Balaban J connectivity index is 2.05. The van der Waals surface area contributed by atoms with Crippen LogP contribution < -0.4 is 10.2 Å². The Bertz CT molecular complexity index is 555. The van der Waals surface area contributed by atoms with Gasteiger partial charge >= 0.3 is 5.97 Å². The summed E-state index contributed by atoms with van der Waals surface area (Å²) in [5.74, 6) is -0.999. The highest BCUT2D eigenvalue weighted by molar-refractivity contribution is 9.10. The lowest BCUT2D eigenvalue weighted by Gasteiger charge is -2.17. The third-order valence-corrected chi connectivity index (χ3v) is 2.83. The lowest BCUT2D eigenvalue weighted by Crippen LogP contribution is -2.30. The van der Waals surface area contributed by atoms with Gasteiger partial charge < -0.3 is 9.84 Å². The number of hydroxylamine groups is 1. The van der Waals surface area contributed by atoms with Crippen molar-refractivity contribution in [3.8, 4) is 5.75 Å². The summed E-state index contributed by atoms with van der Waals surface area (Å²) in [5.41, 5.74) is 3.17. The molecule has 0 saturated carbocycles. The quantitative estimate of drug-likeness (QED) is 0.815. The standard InChI is InChI=1S/C12H10BrNO5/c13-9-1-2-10-7(4-9)3-8(5-18-10)12(17)14-19-6-11(15)16/h1-4H,5-6H2,(H,14,17)(H,15,16). The minimum Gasteiger partial charge on any atom is -0.488 e. The van der Waals surface area contributed by atoms with Crippen molar-refractivity contribution >= 4 is 33.9 Å². The Hall–Kier alpha value is -1.86. The fraction of sp³-hybridized carbons (Fsp3) is 0.167. The maximum Gasteiger partial charge on any atom is 0.332 e. The van der Waals surface area contributed by atoms with Gasteiger partial charge in [0.25, 0.3) is 5.91 Å². The molecule has 7 heteroatoms. The fourth-order valence-corrected chi connectivity index (χ4v) is 1.89. The number of halogens is 1. The molecule has 1 aliphatic rings. The second kappa shape index (κ2) is 5.85. The van der Waals surface area contributed by atoms with Crippen LogP contribution in [0.5, 0.6) is 5.75 Å². The van der Waals surface area contributed by atoms with E-state index in [0.717, 1.165) is 10.0 Å². The number of rotatable bonds is 4. The molecule has 2 rings (SSSR count). The van der Waals surface area contributed by atoms with E-state index >= 15 is 0 Å². The highest BCUT2D eigenvalue weighted by Gasteiger charge is 2.17. The van der Waals surface area contributed by atoms with Gasteiger partial charge in [-0.25, -0.2) is 10.3 Å². The molecule has 0 bridgehead atoms. The minimum absolute atomic E-state index is 0.108. The molecule has 1 heterocycles. The first-order valence-corrected chi connectivity index (χ1v) is 6.12. The second-order valence-electron chi connectivity index (χ2n) is 3.75. The molecule has 1 aliphatic heterocycles. The first kappa shape index (κ1) is 13.6. The molecule has 1 amide bonds. The predicted molar refractivity (Wildman–Crippen MR) is 69.3 cm³/mol. The molecule has 0 radical (unpaired) electrons. The van der Waals surface area contributed by atoms with E-state index in [1.54, 1.807) is 12.1 Å². The van der Waals surface area contributed by atoms with Crippen molar-refractivity contribution in [2.75, 3.05) is 13.2 Å². The van der Waals surface area contributed by atoms with Gasteiger partial charge in [-0.3, -0.25) is 9.63 Å². The van der Waals surface area contributed by atoms with Gasteiger partial charge in [0, 0.05) is 10.0 Å². The van der Waals surface area contributed by atoms with Crippen molar-refractivity contribution in [3.63, 3.8) is 0 Å². The highest BCUT2D eigenvalue weighted by Crippen LogP contribution is 2.29. The lowest BCUT2D eigenvalue weighted by atomic mass is 10.1. The van der Waals surface area contributed by atoms with E-state index in [1.165, 1.54) is 0 Å². The van der Waals surface area contributed by atoms with Gasteiger partial charge in [-0.05, 0) is 24.3 Å². The molecule has 0 aliphatic carbocycles. The average Bonchev–Trinajstić information content (AvgIpc) is 2.37. The zero-order valence-corrected chi connectivity index (χ0v) is 11.3. The van der Waals surface area contributed by atoms with Crippen molar-refractivity contribution in [2.24, 2.45) is 0 Å². The number of carboxylic acid groups (broad SMARTS) is 1. The Morgan fingerprint density at radius 3 is 3.00 bits per heavy atom. The zero-order valence-electron chi connectivity index (χ0n) is 9.68. The van der Waals surface area contributed by atoms with Crippen LogP contribution in [0.4, 0.5) is 0 Å². The number of hydrogen-bond acceptors (Lipinski definition) is 4. The van der Waals surface area contributed by atoms with Gasteiger partial charge in [0.15, 0.2) is 6.61 Å². The number of ether oxygens (including phenoxy) is 1. The molecule has 1 aromatic carbocycles. The highest BCUT2D eigenvalue weighted by atomic mass is 79.9. The zero-order chi connectivity index (χ0) is 13.8. The fourth-order valence-electron chi connectivity index (χ4n) is 1.51. The number of amides is 1. The van der Waals surface area contributed by atoms with Crippen molar-refractivity contribution < 1.29 is 24.3 Å². The van der Waals surface area contributed by atoms with E-state index in [1.807, 2.05) is 17.6 Å². The molecular formula is C12H10BrNO5. The number of hydrogen-bond donors (Lipinski definition) is 2. The normalized spacial score (nSPS) is 13.0. The van der Waals surface area contributed by atoms with E-state index in [4.69, 9.17) is 9.84 Å². The first-order valence-electron chi connectivity index (χ1n) is 5.33. The van der Waals surface area contributed by atoms with Crippen LogP contribution in [0.2, 0.25) is 0 Å². The van der Waals surface area contributed by atoms with Crippen LogP contribution in [-0.2, 0) is 14.4 Å². The van der Waals surface area contributed by atoms with Crippen LogP contribution in [0.25, 0.3) is 6.08 Å². The summed E-state index contributed by atoms with van der Waals surface area (Å²) in [6, 6.07) is 5.46. The summed E-state index contributed by atoms with van der Waals surface area (Å²) >= 11 is 3.33. The summed E-state index contributed by atoms with van der Waals surface area (Å²) in [6.07, 6.45) is 1.67. The summed E-state index contributed by atoms with van der Waals surface area (Å²) in [6.45, 7) is -0.487. The Morgan fingerprint density at radius 2 is 2.26 bits per heavy atom. The Morgan fingerprint density at radius 1 is 1.47 bits per heavy atom. The number of aliphatic carboxylic acids is 1. The molecule has 2 N–H and O–H groups in total.